The van der Waals surface area contributed by atoms with Gasteiger partial charge < -0.3 is 29.7 Å². The van der Waals surface area contributed by atoms with Crippen LogP contribution in [0.1, 0.15) is 78.1 Å². The summed E-state index contributed by atoms with van der Waals surface area (Å²) in [6, 6.07) is 3.24. The summed E-state index contributed by atoms with van der Waals surface area (Å²) in [7, 11) is -1.91. The van der Waals surface area contributed by atoms with E-state index in [1.54, 1.807) is 6.20 Å². The highest BCUT2D eigenvalue weighted by atomic mass is 32.2. The number of benzene rings is 1. The molecular weight excluding hydrogens is 765 g/mol. The van der Waals surface area contributed by atoms with Crippen molar-refractivity contribution in [3.05, 3.63) is 36.5 Å². The molecule has 3 aliphatic heterocycles. The molecule has 5 fully saturated rings. The number of hydrogen-bond acceptors (Lipinski definition) is 10. The van der Waals surface area contributed by atoms with E-state index in [9.17, 15) is 27.9 Å². The average molecular weight is 819 g/mol. The van der Waals surface area contributed by atoms with E-state index in [2.05, 4.69) is 26.8 Å². The molecule has 4 amide bonds. The number of pyridine rings is 1. The Balaban J connectivity index is 1.07. The van der Waals surface area contributed by atoms with Gasteiger partial charge in [0.25, 0.3) is 5.91 Å². The monoisotopic (exact) mass is 818 g/mol. The zero-order valence-corrected chi connectivity index (χ0v) is 34.2. The van der Waals surface area contributed by atoms with Crippen molar-refractivity contribution in [2.75, 3.05) is 31.6 Å². The van der Waals surface area contributed by atoms with Gasteiger partial charge in [0.15, 0.2) is 5.75 Å². The van der Waals surface area contributed by atoms with Crippen molar-refractivity contribution in [1.29, 1.82) is 0 Å². The topological polar surface area (TPSA) is 188 Å². The number of carbonyl (C=O) groups excluding carboxylic acids is 3. The molecule has 9 rings (SSSR count). The lowest BCUT2D eigenvalue weighted by Gasteiger charge is -2.40. The van der Waals surface area contributed by atoms with Gasteiger partial charge in [0.1, 0.15) is 30.3 Å². The van der Waals surface area contributed by atoms with Crippen LogP contribution in [0, 0.1) is 29.6 Å². The molecule has 10 atom stereocenters. The smallest absolute Gasteiger partial charge is 0.408 e. The van der Waals surface area contributed by atoms with Crippen LogP contribution in [-0.4, -0.2) is 114 Å². The van der Waals surface area contributed by atoms with Crippen molar-refractivity contribution in [1.82, 2.24) is 24.8 Å². The summed E-state index contributed by atoms with van der Waals surface area (Å²) in [5.74, 6) is -0.589. The number of nitrogens with zero attached hydrogens (tertiary/aromatic N) is 4. The summed E-state index contributed by atoms with van der Waals surface area (Å²) < 4.78 is 40.9. The summed E-state index contributed by atoms with van der Waals surface area (Å²) in [6.45, 7) is 5.28. The summed E-state index contributed by atoms with van der Waals surface area (Å²) >= 11 is 0. The molecule has 1 saturated heterocycles. The van der Waals surface area contributed by atoms with Crippen LogP contribution in [0.2, 0.25) is 0 Å². The van der Waals surface area contributed by atoms with Gasteiger partial charge in [0.2, 0.25) is 27.7 Å². The second kappa shape index (κ2) is 14.6. The summed E-state index contributed by atoms with van der Waals surface area (Å²) in [4.78, 5) is 66.7. The zero-order valence-electron chi connectivity index (χ0n) is 33.3. The van der Waals surface area contributed by atoms with Crippen LogP contribution in [0.4, 0.5) is 10.5 Å². The number of carboxylic acid groups (broad SMARTS) is 1. The molecule has 1 aromatic heterocycles. The van der Waals surface area contributed by atoms with Crippen LogP contribution in [0.25, 0.3) is 10.8 Å². The molecule has 7 aliphatic rings. The van der Waals surface area contributed by atoms with E-state index in [1.165, 1.54) is 9.80 Å². The molecule has 16 heteroatoms. The predicted molar refractivity (Wildman–Crippen MR) is 214 cm³/mol. The SMILES string of the molecule is C[C@@H]1CC/C=C\[C@@H]2C[C@@]2(C(=O)NS(=O)(=O)C2CC2)NC(=O)[C@@H]2C[C@@H](Oc3nccc4c5c(ccc34)N(C)CCO5)CN2C(=O)[C@@H](N(C(=O)O)[C@H]2CC3C[C@H]3C2)[C@H](C)C1. The maximum atomic E-state index is 15.3. The Morgan fingerprint density at radius 3 is 2.57 bits per heavy atom. The Hall–Kier alpha value is -4.60. The number of anilines is 1. The van der Waals surface area contributed by atoms with Gasteiger partial charge in [-0.25, -0.2) is 18.2 Å². The number of aromatic nitrogens is 1. The molecule has 3 N–H and O–H groups in total. The van der Waals surface area contributed by atoms with E-state index in [-0.39, 0.29) is 37.3 Å². The number of carbonyl (C=O) groups is 4. The Bertz CT molecular complexity index is 2150. The maximum absolute atomic E-state index is 15.3. The second-order valence-electron chi connectivity index (χ2n) is 18.2. The first kappa shape index (κ1) is 38.9. The minimum atomic E-state index is -3.91. The molecule has 4 saturated carbocycles. The highest BCUT2D eigenvalue weighted by Crippen LogP contribution is 2.54. The standard InChI is InChI=1S/C42H54N6O9S/c1-23-6-4-5-7-27-21-42(27,40(51)45-58(54,55)30-8-9-30)44-37(49)34-20-29(57-38-32-10-11-33-36(31(32)12-13-43-38)56-15-14-46(33)3)22-47(34)39(50)35(24(2)16-23)48(41(52)53)28-18-25-17-26(25)19-28/h5,7,10-13,23-30,34-35H,4,6,8-9,14-22H2,1-3H3,(H,44,49)(H,45,51)(H,52,53)/b7-5-/t23-,24-,25+,26?,27-,28-,29-,34+,35+,42-/m1/s1. The fourth-order valence-electron chi connectivity index (χ4n) is 10.4. The number of likely N-dealkylation sites (N-methyl/N-ethyl adjacent to an activating group) is 1. The average Bonchev–Trinajstić information content (AvgIpc) is 4.14. The van der Waals surface area contributed by atoms with Gasteiger partial charge in [-0.15, -0.1) is 0 Å². The maximum Gasteiger partial charge on any atom is 0.408 e. The highest BCUT2D eigenvalue weighted by molar-refractivity contribution is 7.91. The van der Waals surface area contributed by atoms with Gasteiger partial charge in [-0.2, -0.15) is 0 Å². The van der Waals surface area contributed by atoms with E-state index in [4.69, 9.17) is 9.47 Å². The molecule has 15 nitrogen and oxygen atoms in total. The van der Waals surface area contributed by atoms with Crippen LogP contribution < -0.4 is 24.4 Å². The van der Waals surface area contributed by atoms with Crippen LogP contribution in [-0.2, 0) is 24.4 Å². The molecule has 0 spiro atoms. The van der Waals surface area contributed by atoms with E-state index in [0.717, 1.165) is 36.2 Å². The summed E-state index contributed by atoms with van der Waals surface area (Å²) in [5, 5.41) is 14.6. The first-order chi connectivity index (χ1) is 27.7. The molecule has 2 aromatic rings. The lowest BCUT2D eigenvalue weighted by Crippen LogP contribution is -2.61. The minimum absolute atomic E-state index is 0.0279. The van der Waals surface area contributed by atoms with Crippen LogP contribution in [0.15, 0.2) is 36.5 Å². The highest BCUT2D eigenvalue weighted by Gasteiger charge is 2.62. The molecule has 0 radical (unpaired) electrons. The zero-order chi connectivity index (χ0) is 40.7. The number of fused-ring (bicyclic) bond motifs is 6. The Kier molecular flexibility index (Phi) is 9.79. The van der Waals surface area contributed by atoms with Gasteiger partial charge in [-0.05, 0) is 99.7 Å². The van der Waals surface area contributed by atoms with E-state index >= 15 is 4.79 Å². The third-order valence-corrected chi connectivity index (χ3v) is 15.7. The van der Waals surface area contributed by atoms with Gasteiger partial charge in [0.05, 0.1) is 24.0 Å². The fraction of sp³-hybridized carbons (Fsp3) is 0.643. The molecule has 312 valence electrons. The number of allylic oxidation sites excluding steroid dienone is 1. The normalized spacial score (nSPS) is 35.2. The molecule has 4 aliphatic carbocycles. The van der Waals surface area contributed by atoms with Crippen LogP contribution in [0.5, 0.6) is 11.6 Å². The molecular formula is C42H54N6O9S. The number of nitrogens with one attached hydrogen (secondary N) is 2. The van der Waals surface area contributed by atoms with Crippen LogP contribution in [0.3, 0.4) is 0 Å². The fourth-order valence-corrected chi connectivity index (χ4v) is 11.7. The third-order valence-electron chi connectivity index (χ3n) is 13.9. The van der Waals surface area contributed by atoms with Crippen LogP contribution >= 0.6 is 0 Å². The van der Waals surface area contributed by atoms with Gasteiger partial charge >= 0.3 is 6.09 Å². The van der Waals surface area contributed by atoms with Crippen molar-refractivity contribution in [2.45, 2.75) is 113 Å². The molecule has 1 unspecified atom stereocenters. The number of amides is 4. The van der Waals surface area contributed by atoms with Gasteiger partial charge in [-0.3, -0.25) is 24.0 Å². The Morgan fingerprint density at radius 2 is 1.83 bits per heavy atom. The summed E-state index contributed by atoms with van der Waals surface area (Å²) in [6.07, 6.45) is 9.34. The second-order valence-corrected chi connectivity index (χ2v) is 20.1. The quantitative estimate of drug-likeness (QED) is 0.342. The molecule has 1 aromatic carbocycles. The Morgan fingerprint density at radius 1 is 1.05 bits per heavy atom. The first-order valence-corrected chi connectivity index (χ1v) is 22.6. The first-order valence-electron chi connectivity index (χ1n) is 21.0. The predicted octanol–water partition coefficient (Wildman–Crippen LogP) is 4.05. The Labute approximate surface area is 338 Å². The van der Waals surface area contributed by atoms with E-state index in [0.29, 0.717) is 68.2 Å². The number of sulfonamides is 1. The largest absolute Gasteiger partial charge is 0.489 e. The van der Waals surface area contributed by atoms with Crippen molar-refractivity contribution >= 4 is 50.3 Å². The van der Waals surface area contributed by atoms with Gasteiger partial charge in [-0.1, -0.05) is 26.0 Å². The molecule has 58 heavy (non-hydrogen) atoms. The number of hydrogen-bond donors (Lipinski definition) is 3. The number of rotatable bonds is 7. The van der Waals surface area contributed by atoms with Crippen molar-refractivity contribution < 1.29 is 42.2 Å². The van der Waals surface area contributed by atoms with Crippen molar-refractivity contribution in [3.8, 4) is 11.6 Å². The van der Waals surface area contributed by atoms with E-state index in [1.807, 2.05) is 44.3 Å². The molecule has 4 heterocycles. The van der Waals surface area contributed by atoms with Crippen molar-refractivity contribution in [3.63, 3.8) is 0 Å². The van der Waals surface area contributed by atoms with Gasteiger partial charge in [0, 0.05) is 42.4 Å². The van der Waals surface area contributed by atoms with E-state index < -0.39 is 68.7 Å². The summed E-state index contributed by atoms with van der Waals surface area (Å²) in [5.41, 5.74) is -0.582. The lowest BCUT2D eigenvalue weighted by molar-refractivity contribution is -0.145. The minimum Gasteiger partial charge on any atom is -0.489 e. The molecule has 0 bridgehead atoms. The third kappa shape index (κ3) is 7.12. The number of ether oxygens (including phenoxy) is 2. The van der Waals surface area contributed by atoms with Crippen molar-refractivity contribution in [2.24, 2.45) is 29.6 Å². The lowest BCUT2D eigenvalue weighted by atomic mass is 9.86.